The van der Waals surface area contributed by atoms with Gasteiger partial charge in [0.2, 0.25) is 0 Å². The van der Waals surface area contributed by atoms with Crippen molar-refractivity contribution >= 4 is 17.1 Å². The second-order valence-corrected chi connectivity index (χ2v) is 5.02. The molecule has 1 aromatic carbocycles. The third-order valence-electron chi connectivity index (χ3n) is 3.41. The third-order valence-corrected chi connectivity index (χ3v) is 3.41. The van der Waals surface area contributed by atoms with Crippen molar-refractivity contribution in [3.8, 4) is 0 Å². The number of likely N-dealkylation sites (tertiary alicyclic amines) is 1. The third kappa shape index (κ3) is 3.57. The van der Waals surface area contributed by atoms with E-state index in [-0.39, 0.29) is 10.6 Å². The van der Waals surface area contributed by atoms with Gasteiger partial charge in [0.15, 0.2) is 0 Å². The van der Waals surface area contributed by atoms with Gasteiger partial charge in [0.05, 0.1) is 4.92 Å². The van der Waals surface area contributed by atoms with Crippen LogP contribution < -0.4 is 10.6 Å². The van der Waals surface area contributed by atoms with E-state index in [1.807, 2.05) is 6.07 Å². The number of benzene rings is 1. The maximum atomic E-state index is 10.9. The molecule has 0 spiro atoms. The van der Waals surface area contributed by atoms with Crippen LogP contribution in [0, 0.1) is 10.1 Å². The van der Waals surface area contributed by atoms with E-state index in [2.05, 4.69) is 22.6 Å². The average molecular weight is 264 g/mol. The van der Waals surface area contributed by atoms with Crippen molar-refractivity contribution in [3.05, 3.63) is 28.3 Å². The van der Waals surface area contributed by atoms with E-state index in [1.54, 1.807) is 13.1 Å². The Labute approximate surface area is 112 Å². The zero-order chi connectivity index (χ0) is 13.8. The summed E-state index contributed by atoms with van der Waals surface area (Å²) in [5, 5.41) is 17.3. The first kappa shape index (κ1) is 13.6. The Morgan fingerprint density at radius 2 is 2.11 bits per heavy atom. The van der Waals surface area contributed by atoms with Crippen molar-refractivity contribution in [3.63, 3.8) is 0 Å². The molecule has 104 valence electrons. The summed E-state index contributed by atoms with van der Waals surface area (Å²) in [7, 11) is 3.86. The standard InChI is InChI=1S/C13H20N4O2/c1-14-11-6-12(8-13(7-11)17(18)19)15-10-4-3-5-16(2)9-10/h6-8,10,14-15H,3-5,9H2,1-2H3. The maximum Gasteiger partial charge on any atom is 0.273 e. The maximum absolute atomic E-state index is 10.9. The molecule has 0 bridgehead atoms. The first-order valence-corrected chi connectivity index (χ1v) is 6.51. The molecular weight excluding hydrogens is 244 g/mol. The molecule has 1 saturated heterocycles. The lowest BCUT2D eigenvalue weighted by molar-refractivity contribution is -0.384. The summed E-state index contributed by atoms with van der Waals surface area (Å²) in [5.74, 6) is 0. The molecule has 1 unspecified atom stereocenters. The SMILES string of the molecule is CNc1cc(NC2CCCN(C)C2)cc([N+](=O)[O-])c1. The first-order chi connectivity index (χ1) is 9.08. The lowest BCUT2D eigenvalue weighted by Gasteiger charge is -2.30. The molecule has 0 amide bonds. The van der Waals surface area contributed by atoms with Crippen LogP contribution in [-0.2, 0) is 0 Å². The molecule has 6 nitrogen and oxygen atoms in total. The molecule has 19 heavy (non-hydrogen) atoms. The number of piperidine rings is 1. The molecule has 0 aromatic heterocycles. The van der Waals surface area contributed by atoms with Gasteiger partial charge in [-0.3, -0.25) is 10.1 Å². The van der Waals surface area contributed by atoms with E-state index in [0.29, 0.717) is 6.04 Å². The van der Waals surface area contributed by atoms with E-state index in [4.69, 9.17) is 0 Å². The minimum Gasteiger partial charge on any atom is -0.388 e. The number of nitro groups is 1. The van der Waals surface area contributed by atoms with Crippen molar-refractivity contribution in [2.75, 3.05) is 37.8 Å². The number of likely N-dealkylation sites (N-methyl/N-ethyl adjacent to an activating group) is 1. The summed E-state index contributed by atoms with van der Waals surface area (Å²) in [6.45, 7) is 2.09. The summed E-state index contributed by atoms with van der Waals surface area (Å²) in [6, 6.07) is 5.39. The lowest BCUT2D eigenvalue weighted by Crippen LogP contribution is -2.39. The van der Waals surface area contributed by atoms with Crippen LogP contribution in [0.4, 0.5) is 17.1 Å². The fourth-order valence-corrected chi connectivity index (χ4v) is 2.46. The molecule has 1 aromatic rings. The van der Waals surface area contributed by atoms with Crippen LogP contribution in [0.25, 0.3) is 0 Å². The topological polar surface area (TPSA) is 70.4 Å². The number of nitro benzene ring substituents is 1. The van der Waals surface area contributed by atoms with E-state index >= 15 is 0 Å². The molecule has 1 fully saturated rings. The zero-order valence-electron chi connectivity index (χ0n) is 11.3. The number of nitrogens with one attached hydrogen (secondary N) is 2. The predicted octanol–water partition coefficient (Wildman–Crippen LogP) is 2.14. The van der Waals surface area contributed by atoms with Crippen molar-refractivity contribution in [2.24, 2.45) is 0 Å². The monoisotopic (exact) mass is 264 g/mol. The highest BCUT2D eigenvalue weighted by atomic mass is 16.6. The molecule has 6 heteroatoms. The fraction of sp³-hybridized carbons (Fsp3) is 0.538. The van der Waals surface area contributed by atoms with Gasteiger partial charge >= 0.3 is 0 Å². The summed E-state index contributed by atoms with van der Waals surface area (Å²) >= 11 is 0. The van der Waals surface area contributed by atoms with Crippen molar-refractivity contribution in [1.82, 2.24) is 4.90 Å². The molecule has 0 saturated carbocycles. The summed E-state index contributed by atoms with van der Waals surface area (Å²) in [5.41, 5.74) is 1.67. The Balaban J connectivity index is 2.14. The molecule has 2 N–H and O–H groups in total. The van der Waals surface area contributed by atoms with Crippen LogP contribution in [0.5, 0.6) is 0 Å². The quantitative estimate of drug-likeness (QED) is 0.644. The van der Waals surface area contributed by atoms with Crippen LogP contribution in [-0.4, -0.2) is 43.0 Å². The molecule has 1 aliphatic rings. The van der Waals surface area contributed by atoms with Gasteiger partial charge in [-0.1, -0.05) is 0 Å². The fourth-order valence-electron chi connectivity index (χ4n) is 2.46. The highest BCUT2D eigenvalue weighted by Crippen LogP contribution is 2.25. The van der Waals surface area contributed by atoms with Crippen LogP contribution in [0.15, 0.2) is 18.2 Å². The predicted molar refractivity (Wildman–Crippen MR) is 76.8 cm³/mol. The van der Waals surface area contributed by atoms with Gasteiger partial charge in [-0.2, -0.15) is 0 Å². The summed E-state index contributed by atoms with van der Waals surface area (Å²) in [6.07, 6.45) is 2.25. The molecule has 0 aliphatic carbocycles. The number of anilines is 2. The van der Waals surface area contributed by atoms with Crippen molar-refractivity contribution in [1.29, 1.82) is 0 Å². The van der Waals surface area contributed by atoms with E-state index < -0.39 is 0 Å². The summed E-state index contributed by atoms with van der Waals surface area (Å²) < 4.78 is 0. The summed E-state index contributed by atoms with van der Waals surface area (Å²) in [4.78, 5) is 12.8. The highest BCUT2D eigenvalue weighted by molar-refractivity contribution is 5.63. The van der Waals surface area contributed by atoms with Crippen LogP contribution in [0.1, 0.15) is 12.8 Å². The first-order valence-electron chi connectivity index (χ1n) is 6.51. The normalized spacial score (nSPS) is 20.0. The second-order valence-electron chi connectivity index (χ2n) is 5.02. The van der Waals surface area contributed by atoms with Gasteiger partial charge in [0.1, 0.15) is 0 Å². The van der Waals surface area contributed by atoms with Crippen molar-refractivity contribution in [2.45, 2.75) is 18.9 Å². The number of nitrogens with zero attached hydrogens (tertiary/aromatic N) is 2. The smallest absolute Gasteiger partial charge is 0.273 e. The molecular formula is C13H20N4O2. The Kier molecular flexibility index (Phi) is 4.21. The molecule has 1 aliphatic heterocycles. The second kappa shape index (κ2) is 5.88. The number of rotatable bonds is 4. The molecule has 2 rings (SSSR count). The highest BCUT2D eigenvalue weighted by Gasteiger charge is 2.18. The minimum absolute atomic E-state index is 0.110. The van der Waals surface area contributed by atoms with Gasteiger partial charge in [0, 0.05) is 43.1 Å². The van der Waals surface area contributed by atoms with Gasteiger partial charge in [-0.05, 0) is 32.5 Å². The number of hydrogen-bond acceptors (Lipinski definition) is 5. The van der Waals surface area contributed by atoms with E-state index in [9.17, 15) is 10.1 Å². The Morgan fingerprint density at radius 3 is 2.74 bits per heavy atom. The Hall–Kier alpha value is -1.82. The van der Waals surface area contributed by atoms with Gasteiger partial charge < -0.3 is 15.5 Å². The van der Waals surface area contributed by atoms with Crippen LogP contribution >= 0.6 is 0 Å². The van der Waals surface area contributed by atoms with Crippen LogP contribution in [0.2, 0.25) is 0 Å². The van der Waals surface area contributed by atoms with Gasteiger partial charge in [-0.25, -0.2) is 0 Å². The molecule has 0 radical (unpaired) electrons. The number of non-ortho nitro benzene ring substituents is 1. The Morgan fingerprint density at radius 1 is 1.37 bits per heavy atom. The van der Waals surface area contributed by atoms with Gasteiger partial charge in [-0.15, -0.1) is 0 Å². The van der Waals surface area contributed by atoms with Crippen molar-refractivity contribution < 1.29 is 4.92 Å². The average Bonchev–Trinajstić information content (AvgIpc) is 2.38. The van der Waals surface area contributed by atoms with Crippen LogP contribution in [0.3, 0.4) is 0 Å². The molecule has 1 atom stereocenters. The lowest BCUT2D eigenvalue weighted by atomic mass is 10.1. The largest absolute Gasteiger partial charge is 0.388 e. The number of hydrogen-bond donors (Lipinski definition) is 2. The van der Waals surface area contributed by atoms with E-state index in [0.717, 1.165) is 37.3 Å². The molecule has 1 heterocycles. The minimum atomic E-state index is -0.362. The Bertz CT molecular complexity index is 464. The van der Waals surface area contributed by atoms with E-state index in [1.165, 1.54) is 6.07 Å². The zero-order valence-corrected chi connectivity index (χ0v) is 11.3. The van der Waals surface area contributed by atoms with Gasteiger partial charge in [0.25, 0.3) is 5.69 Å².